The number of sulfonamides is 2. The highest BCUT2D eigenvalue weighted by Crippen LogP contribution is 2.22. The molecular formula is C24H26N4O7S3. The Kier molecular flexibility index (Phi) is 9.17. The lowest BCUT2D eigenvalue weighted by Gasteiger charge is -2.19. The highest BCUT2D eigenvalue weighted by molar-refractivity contribution is 7.89. The minimum atomic E-state index is -3.98. The first-order valence-corrected chi connectivity index (χ1v) is 15.0. The van der Waals surface area contributed by atoms with Crippen LogP contribution in [0.5, 0.6) is 0 Å². The molecule has 1 aromatic heterocycles. The number of nitrogens with zero attached hydrogens (tertiary/aromatic N) is 3. The number of hydrogen-bond acceptors (Lipinski definition) is 8. The van der Waals surface area contributed by atoms with Crippen molar-refractivity contribution in [1.29, 1.82) is 0 Å². The van der Waals surface area contributed by atoms with Crippen LogP contribution >= 0.6 is 11.3 Å². The topological polar surface area (TPSA) is 158 Å². The summed E-state index contributed by atoms with van der Waals surface area (Å²) in [6, 6.07) is 9.35. The summed E-state index contributed by atoms with van der Waals surface area (Å²) in [5.41, 5.74) is 0.557. The summed E-state index contributed by atoms with van der Waals surface area (Å²) in [5, 5.41) is 5.23. The van der Waals surface area contributed by atoms with Gasteiger partial charge in [-0.3, -0.25) is 9.59 Å². The van der Waals surface area contributed by atoms with E-state index in [2.05, 4.69) is 18.2 Å². The smallest absolute Gasteiger partial charge is 0.326 e. The third-order valence-electron chi connectivity index (χ3n) is 5.18. The van der Waals surface area contributed by atoms with E-state index in [4.69, 9.17) is 9.88 Å². The molecule has 2 N–H and O–H groups in total. The number of primary sulfonamides is 1. The fourth-order valence-electron chi connectivity index (χ4n) is 3.43. The number of ether oxygens (including phenoxy) is 1. The molecule has 1 amide bonds. The molecule has 0 saturated carbocycles. The van der Waals surface area contributed by atoms with E-state index in [-0.39, 0.29) is 46.4 Å². The van der Waals surface area contributed by atoms with Crippen LogP contribution in [0.4, 0.5) is 0 Å². The number of fused-ring (bicyclic) bond motifs is 1. The molecule has 11 nitrogen and oxygen atoms in total. The number of carbonyl (C=O) groups excluding carboxylic acids is 2. The van der Waals surface area contributed by atoms with Crippen molar-refractivity contribution in [1.82, 2.24) is 8.87 Å². The van der Waals surface area contributed by atoms with Gasteiger partial charge in [-0.15, -0.1) is 13.2 Å². The summed E-state index contributed by atoms with van der Waals surface area (Å²) in [6.07, 6.45) is 2.92. The Labute approximate surface area is 224 Å². The van der Waals surface area contributed by atoms with Gasteiger partial charge in [-0.1, -0.05) is 23.5 Å². The maximum absolute atomic E-state index is 13.0. The number of rotatable bonds is 11. The van der Waals surface area contributed by atoms with E-state index in [9.17, 15) is 26.4 Å². The first-order chi connectivity index (χ1) is 17.9. The molecule has 0 aliphatic heterocycles. The van der Waals surface area contributed by atoms with Crippen molar-refractivity contribution in [3.8, 4) is 0 Å². The third-order valence-corrected chi connectivity index (χ3v) is 8.98. The normalized spacial score (nSPS) is 12.6. The van der Waals surface area contributed by atoms with Crippen LogP contribution in [0.25, 0.3) is 10.2 Å². The van der Waals surface area contributed by atoms with Gasteiger partial charge in [-0.05, 0) is 49.4 Å². The van der Waals surface area contributed by atoms with Crippen LogP contribution in [0.1, 0.15) is 17.3 Å². The van der Waals surface area contributed by atoms with E-state index < -0.39 is 31.9 Å². The predicted molar refractivity (Wildman–Crippen MR) is 143 cm³/mol. The fraction of sp³-hybridized carbons (Fsp3) is 0.208. The Balaban J connectivity index is 2.04. The maximum Gasteiger partial charge on any atom is 0.326 e. The third kappa shape index (κ3) is 6.52. The van der Waals surface area contributed by atoms with E-state index in [1.54, 1.807) is 6.92 Å². The van der Waals surface area contributed by atoms with Gasteiger partial charge in [-0.2, -0.15) is 9.30 Å². The van der Waals surface area contributed by atoms with Gasteiger partial charge in [0.15, 0.2) is 4.80 Å². The Hall–Kier alpha value is -3.43. The molecule has 1 heterocycles. The minimum Gasteiger partial charge on any atom is -0.465 e. The van der Waals surface area contributed by atoms with Gasteiger partial charge in [0.25, 0.3) is 5.91 Å². The van der Waals surface area contributed by atoms with Gasteiger partial charge < -0.3 is 9.30 Å². The number of thiazole rings is 1. The summed E-state index contributed by atoms with van der Waals surface area (Å²) < 4.78 is 57.4. The van der Waals surface area contributed by atoms with Crippen molar-refractivity contribution < 1.29 is 31.2 Å². The molecule has 2 aromatic carbocycles. The molecule has 0 unspecified atom stereocenters. The van der Waals surface area contributed by atoms with Gasteiger partial charge in [-0.25, -0.2) is 22.0 Å². The van der Waals surface area contributed by atoms with Crippen molar-refractivity contribution in [3.63, 3.8) is 0 Å². The Morgan fingerprint density at radius 3 is 2.21 bits per heavy atom. The van der Waals surface area contributed by atoms with Gasteiger partial charge in [0.1, 0.15) is 6.54 Å². The molecule has 0 saturated heterocycles. The van der Waals surface area contributed by atoms with E-state index in [1.807, 2.05) is 0 Å². The molecule has 202 valence electrons. The molecule has 3 aromatic rings. The zero-order valence-corrected chi connectivity index (χ0v) is 22.9. The summed E-state index contributed by atoms with van der Waals surface area (Å²) in [5.74, 6) is -1.27. The molecule has 0 atom stereocenters. The highest BCUT2D eigenvalue weighted by Gasteiger charge is 2.23. The minimum absolute atomic E-state index is 0.0208. The predicted octanol–water partition coefficient (Wildman–Crippen LogP) is 2.02. The average Bonchev–Trinajstić information content (AvgIpc) is 3.19. The average molecular weight is 579 g/mol. The van der Waals surface area contributed by atoms with Crippen LogP contribution in [0.15, 0.2) is 82.6 Å². The number of carbonyl (C=O) groups is 2. The molecule has 38 heavy (non-hydrogen) atoms. The number of benzene rings is 2. The summed E-state index contributed by atoms with van der Waals surface area (Å²) in [4.78, 5) is 29.3. The first kappa shape index (κ1) is 29.1. The van der Waals surface area contributed by atoms with Gasteiger partial charge in [0, 0.05) is 18.7 Å². The van der Waals surface area contributed by atoms with Gasteiger partial charge in [0.05, 0.1) is 26.6 Å². The van der Waals surface area contributed by atoms with Gasteiger partial charge >= 0.3 is 5.97 Å². The number of aromatic nitrogens is 1. The number of nitrogens with two attached hydrogens (primary N) is 1. The first-order valence-electron chi connectivity index (χ1n) is 11.1. The molecule has 14 heteroatoms. The standard InChI is InChI=1S/C24H26N4O7S3/c1-4-13-27(14-5-2)38(33,34)18-9-7-17(8-10-18)23(30)26-24-28(16-22(29)35-6-3)20-12-11-19(37(25,31)32)15-21(20)36-24/h4-5,7-12,15H,1-2,6,13-14,16H2,3H3,(H2,25,31,32). The second-order valence-corrected chi connectivity index (χ2v) is 12.3. The zero-order valence-electron chi connectivity index (χ0n) is 20.4. The molecule has 0 aliphatic carbocycles. The zero-order chi connectivity index (χ0) is 28.1. The van der Waals surface area contributed by atoms with Crippen LogP contribution < -0.4 is 9.94 Å². The molecule has 0 radical (unpaired) electrons. The lowest BCUT2D eigenvalue weighted by Crippen LogP contribution is -2.31. The van der Waals surface area contributed by atoms with Crippen LogP contribution in [-0.2, 0) is 36.1 Å². The van der Waals surface area contributed by atoms with Crippen molar-refractivity contribution in [3.05, 3.63) is 78.1 Å². The molecule has 3 rings (SSSR count). The Bertz CT molecular complexity index is 1660. The number of amides is 1. The van der Waals surface area contributed by atoms with Crippen LogP contribution in [0.3, 0.4) is 0 Å². The van der Waals surface area contributed by atoms with E-state index in [1.165, 1.54) is 63.5 Å². The van der Waals surface area contributed by atoms with Crippen molar-refractivity contribution in [2.45, 2.75) is 23.3 Å². The SMILES string of the molecule is C=CCN(CC=C)S(=O)(=O)c1ccc(C(=O)N=c2sc3cc(S(N)(=O)=O)ccc3n2CC(=O)OCC)cc1. The monoisotopic (exact) mass is 578 g/mol. The van der Waals surface area contributed by atoms with Crippen molar-refractivity contribution >= 4 is 53.5 Å². The molecular weight excluding hydrogens is 552 g/mol. The number of hydrogen-bond donors (Lipinski definition) is 1. The summed E-state index contributed by atoms with van der Waals surface area (Å²) >= 11 is 0.986. The van der Waals surface area contributed by atoms with E-state index >= 15 is 0 Å². The highest BCUT2D eigenvalue weighted by atomic mass is 32.2. The molecule has 0 spiro atoms. The maximum atomic E-state index is 13.0. The largest absolute Gasteiger partial charge is 0.465 e. The lowest BCUT2D eigenvalue weighted by molar-refractivity contribution is -0.143. The van der Waals surface area contributed by atoms with E-state index in [0.29, 0.717) is 10.2 Å². The molecule has 0 fully saturated rings. The molecule has 0 bridgehead atoms. The van der Waals surface area contributed by atoms with Crippen molar-refractivity contribution in [2.75, 3.05) is 19.7 Å². The van der Waals surface area contributed by atoms with Gasteiger partial charge in [0.2, 0.25) is 20.0 Å². The molecule has 0 aliphatic rings. The van der Waals surface area contributed by atoms with E-state index in [0.717, 1.165) is 11.3 Å². The Morgan fingerprint density at radius 2 is 1.66 bits per heavy atom. The summed E-state index contributed by atoms with van der Waals surface area (Å²) in [6.45, 7) is 8.85. The van der Waals surface area contributed by atoms with Crippen LogP contribution in [0.2, 0.25) is 0 Å². The van der Waals surface area contributed by atoms with Crippen LogP contribution in [-0.4, -0.2) is 57.3 Å². The Morgan fingerprint density at radius 1 is 1.05 bits per heavy atom. The van der Waals surface area contributed by atoms with Crippen molar-refractivity contribution in [2.24, 2.45) is 10.1 Å². The second kappa shape index (κ2) is 12.0. The van der Waals surface area contributed by atoms with Crippen LogP contribution in [0, 0.1) is 0 Å². The fourth-order valence-corrected chi connectivity index (χ4v) is 6.50. The number of esters is 1. The summed E-state index contributed by atoms with van der Waals surface area (Å²) in [7, 11) is -7.83. The second-order valence-electron chi connectivity index (χ2n) is 7.79. The quantitative estimate of drug-likeness (QED) is 0.269. The lowest BCUT2D eigenvalue weighted by atomic mass is 10.2.